The molecule has 0 bridgehead atoms. The van der Waals surface area contributed by atoms with Crippen LogP contribution in [-0.2, 0) is 4.74 Å². The number of benzene rings is 1. The molecule has 5 nitrogen and oxygen atoms in total. The van der Waals surface area contributed by atoms with Crippen molar-refractivity contribution in [3.8, 4) is 5.75 Å². The molecule has 22 heavy (non-hydrogen) atoms. The van der Waals surface area contributed by atoms with Crippen LogP contribution < -0.4 is 10.4 Å². The lowest BCUT2D eigenvalue weighted by Crippen LogP contribution is -2.25. The number of epoxide rings is 1. The normalized spacial score (nSPS) is 23.0. The highest BCUT2D eigenvalue weighted by Crippen LogP contribution is 2.48. The van der Waals surface area contributed by atoms with Gasteiger partial charge in [0.15, 0.2) is 11.2 Å². The summed E-state index contributed by atoms with van der Waals surface area (Å²) < 4.78 is 22.5. The van der Waals surface area contributed by atoms with E-state index in [1.165, 1.54) is 6.07 Å². The Balaban J connectivity index is 1.84. The van der Waals surface area contributed by atoms with E-state index in [1.54, 1.807) is 12.3 Å². The van der Waals surface area contributed by atoms with E-state index in [9.17, 15) is 4.79 Å². The molecule has 0 radical (unpaired) electrons. The molecule has 3 aromatic rings. The van der Waals surface area contributed by atoms with Gasteiger partial charge in [-0.15, -0.1) is 0 Å². The number of fused-ring (bicyclic) bond motifs is 2. The van der Waals surface area contributed by atoms with E-state index < -0.39 is 5.63 Å². The smallest absolute Gasteiger partial charge is 0.336 e. The van der Waals surface area contributed by atoms with Crippen LogP contribution in [0.4, 0.5) is 0 Å². The zero-order valence-electron chi connectivity index (χ0n) is 12.6. The van der Waals surface area contributed by atoms with E-state index in [0.717, 1.165) is 10.8 Å². The summed E-state index contributed by atoms with van der Waals surface area (Å²) in [6.07, 6.45) is 1.59. The monoisotopic (exact) mass is 300 g/mol. The van der Waals surface area contributed by atoms with E-state index >= 15 is 0 Å². The molecule has 4 rings (SSSR count). The zero-order chi connectivity index (χ0) is 15.5. The summed E-state index contributed by atoms with van der Waals surface area (Å²) in [4.78, 5) is 11.5. The first-order valence-electron chi connectivity index (χ1n) is 7.17. The second kappa shape index (κ2) is 4.14. The number of furan rings is 1. The van der Waals surface area contributed by atoms with Gasteiger partial charge in [-0.1, -0.05) is 0 Å². The summed E-state index contributed by atoms with van der Waals surface area (Å²) >= 11 is 0. The van der Waals surface area contributed by atoms with E-state index in [2.05, 4.69) is 0 Å². The van der Waals surface area contributed by atoms with Crippen LogP contribution in [0.2, 0.25) is 0 Å². The maximum Gasteiger partial charge on any atom is 0.336 e. The van der Waals surface area contributed by atoms with Crippen LogP contribution in [0.5, 0.6) is 5.75 Å². The molecule has 5 heteroatoms. The van der Waals surface area contributed by atoms with Gasteiger partial charge in [0.2, 0.25) is 5.75 Å². The summed E-state index contributed by atoms with van der Waals surface area (Å²) in [5.41, 5.74) is -0.0254. The van der Waals surface area contributed by atoms with Gasteiger partial charge < -0.3 is 18.3 Å². The lowest BCUT2D eigenvalue weighted by atomic mass is 9.99. The highest BCUT2D eigenvalue weighted by molar-refractivity contribution is 5.99. The molecular formula is C17H16O5. The molecule has 1 fully saturated rings. The van der Waals surface area contributed by atoms with Crippen molar-refractivity contribution in [3.05, 3.63) is 40.9 Å². The fraction of sp³-hybridized carbons (Fsp3) is 0.353. The van der Waals surface area contributed by atoms with Crippen molar-refractivity contribution in [2.24, 2.45) is 0 Å². The fourth-order valence-electron chi connectivity index (χ4n) is 2.69. The summed E-state index contributed by atoms with van der Waals surface area (Å²) in [7, 11) is 0. The molecule has 0 amide bonds. The molecule has 1 aromatic carbocycles. The molecule has 3 heterocycles. The van der Waals surface area contributed by atoms with Gasteiger partial charge in [0.1, 0.15) is 12.2 Å². The highest BCUT2D eigenvalue weighted by atomic mass is 16.7. The maximum atomic E-state index is 11.5. The Bertz CT molecular complexity index is 933. The average molecular weight is 300 g/mol. The Kier molecular flexibility index (Phi) is 2.52. The third-order valence-corrected chi connectivity index (χ3v) is 4.49. The summed E-state index contributed by atoms with van der Waals surface area (Å²) in [5.74, 6) is 0.447. The van der Waals surface area contributed by atoms with E-state index in [0.29, 0.717) is 23.5 Å². The Labute approximate surface area is 126 Å². The van der Waals surface area contributed by atoms with Gasteiger partial charge in [-0.25, -0.2) is 4.79 Å². The van der Waals surface area contributed by atoms with E-state index in [-0.39, 0.29) is 11.2 Å². The molecule has 1 aliphatic rings. The zero-order valence-corrected chi connectivity index (χ0v) is 12.6. The Morgan fingerprint density at radius 3 is 2.55 bits per heavy atom. The predicted molar refractivity (Wildman–Crippen MR) is 81.3 cm³/mol. The SMILES string of the molecule is CC1(C)OC1(C)COc1c2occc2cc2ccc(=O)oc12. The van der Waals surface area contributed by atoms with Crippen molar-refractivity contribution in [1.82, 2.24) is 0 Å². The first-order valence-corrected chi connectivity index (χ1v) is 7.17. The molecule has 1 unspecified atom stereocenters. The first kappa shape index (κ1) is 13.4. The predicted octanol–water partition coefficient (Wildman–Crippen LogP) is 3.49. The van der Waals surface area contributed by atoms with Crippen LogP contribution in [0, 0.1) is 0 Å². The summed E-state index contributed by atoms with van der Waals surface area (Å²) in [5, 5.41) is 1.70. The molecule has 114 valence electrons. The molecule has 0 spiro atoms. The van der Waals surface area contributed by atoms with Crippen LogP contribution >= 0.6 is 0 Å². The van der Waals surface area contributed by atoms with Crippen molar-refractivity contribution in [1.29, 1.82) is 0 Å². The molecule has 1 saturated heterocycles. The third-order valence-electron chi connectivity index (χ3n) is 4.49. The number of ether oxygens (including phenoxy) is 2. The molecule has 0 aliphatic carbocycles. The van der Waals surface area contributed by atoms with E-state index in [1.807, 2.05) is 32.9 Å². The van der Waals surface area contributed by atoms with Crippen molar-refractivity contribution in [3.63, 3.8) is 0 Å². The van der Waals surface area contributed by atoms with Gasteiger partial charge in [0, 0.05) is 16.8 Å². The lowest BCUT2D eigenvalue weighted by molar-refractivity contribution is 0.199. The second-order valence-electron chi connectivity index (χ2n) is 6.35. The van der Waals surface area contributed by atoms with Crippen LogP contribution in [0.15, 0.2) is 44.2 Å². The van der Waals surface area contributed by atoms with Gasteiger partial charge in [0.05, 0.1) is 11.9 Å². The molecule has 0 saturated carbocycles. The summed E-state index contributed by atoms with van der Waals surface area (Å²) in [6, 6.07) is 6.88. The number of hydrogen-bond donors (Lipinski definition) is 0. The van der Waals surface area contributed by atoms with Gasteiger partial charge >= 0.3 is 5.63 Å². The van der Waals surface area contributed by atoms with Crippen LogP contribution in [0.3, 0.4) is 0 Å². The van der Waals surface area contributed by atoms with Gasteiger partial charge in [0.25, 0.3) is 0 Å². The number of hydrogen-bond acceptors (Lipinski definition) is 5. The van der Waals surface area contributed by atoms with Crippen LogP contribution in [-0.4, -0.2) is 17.8 Å². The van der Waals surface area contributed by atoms with Crippen molar-refractivity contribution < 1.29 is 18.3 Å². The fourth-order valence-corrected chi connectivity index (χ4v) is 2.69. The van der Waals surface area contributed by atoms with Gasteiger partial charge in [-0.05, 0) is 39.0 Å². The second-order valence-corrected chi connectivity index (χ2v) is 6.35. The van der Waals surface area contributed by atoms with E-state index in [4.69, 9.17) is 18.3 Å². The first-order chi connectivity index (χ1) is 10.4. The van der Waals surface area contributed by atoms with Gasteiger partial charge in [-0.3, -0.25) is 0 Å². The minimum atomic E-state index is -0.419. The van der Waals surface area contributed by atoms with Crippen molar-refractivity contribution >= 4 is 21.9 Å². The molecule has 1 atom stereocenters. The molecular weight excluding hydrogens is 284 g/mol. The highest BCUT2D eigenvalue weighted by Gasteiger charge is 2.60. The minimum Gasteiger partial charge on any atom is -0.483 e. The van der Waals surface area contributed by atoms with Crippen LogP contribution in [0.1, 0.15) is 20.8 Å². The summed E-state index contributed by atoms with van der Waals surface area (Å²) in [6.45, 7) is 6.38. The van der Waals surface area contributed by atoms with Crippen molar-refractivity contribution in [2.45, 2.75) is 32.0 Å². The quantitative estimate of drug-likeness (QED) is 0.547. The molecule has 1 aliphatic heterocycles. The Hall–Kier alpha value is -2.27. The molecule has 0 N–H and O–H groups in total. The standard InChI is InChI=1S/C17H16O5/c1-16(2)17(3,22-16)9-20-15-13-11(6-7-19-13)8-10-4-5-12(18)21-14(10)15/h4-8H,9H2,1-3H3. The third kappa shape index (κ3) is 1.85. The Morgan fingerprint density at radius 1 is 1.09 bits per heavy atom. The van der Waals surface area contributed by atoms with Gasteiger partial charge in [-0.2, -0.15) is 0 Å². The minimum absolute atomic E-state index is 0.222. The lowest BCUT2D eigenvalue weighted by Gasteiger charge is -2.12. The topological polar surface area (TPSA) is 65.1 Å². The average Bonchev–Trinajstić information content (AvgIpc) is 2.81. The maximum absolute atomic E-state index is 11.5. The van der Waals surface area contributed by atoms with Crippen LogP contribution in [0.25, 0.3) is 21.9 Å². The number of rotatable bonds is 3. The largest absolute Gasteiger partial charge is 0.483 e. The van der Waals surface area contributed by atoms with Crippen molar-refractivity contribution in [2.75, 3.05) is 6.61 Å². The molecule has 2 aromatic heterocycles. The Morgan fingerprint density at radius 2 is 1.82 bits per heavy atom.